The largest absolute Gasteiger partial charge is 0.421 e. The fraction of sp³-hybridized carbons (Fsp3) is 0.176. The monoisotopic (exact) mass is 377 g/mol. The minimum atomic E-state index is -3.68. The summed E-state index contributed by atoms with van der Waals surface area (Å²) >= 11 is 5.93. The Balaban J connectivity index is 1.63. The number of nitrogens with one attached hydrogen (secondary N) is 1. The van der Waals surface area contributed by atoms with E-state index in [1.54, 1.807) is 12.1 Å². The van der Waals surface area contributed by atoms with Crippen molar-refractivity contribution in [1.82, 2.24) is 14.9 Å². The van der Waals surface area contributed by atoms with E-state index in [-0.39, 0.29) is 22.9 Å². The maximum atomic E-state index is 12.2. The Bertz CT molecular complexity index is 969. The molecular weight excluding hydrogens is 362 g/mol. The van der Waals surface area contributed by atoms with Crippen LogP contribution >= 0.6 is 11.6 Å². The molecule has 25 heavy (non-hydrogen) atoms. The van der Waals surface area contributed by atoms with Crippen molar-refractivity contribution in [3.8, 4) is 11.5 Å². The second kappa shape index (κ2) is 7.35. The van der Waals surface area contributed by atoms with Crippen LogP contribution in [0.1, 0.15) is 11.5 Å². The minimum Gasteiger partial charge on any atom is -0.421 e. The molecule has 1 heterocycles. The van der Waals surface area contributed by atoms with Crippen LogP contribution in [-0.2, 0) is 16.4 Å². The molecule has 2 aromatic carbocycles. The smallest absolute Gasteiger partial charge is 0.247 e. The average molecular weight is 378 g/mol. The molecule has 1 N–H and O–H groups in total. The van der Waals surface area contributed by atoms with Gasteiger partial charge in [0.15, 0.2) is 0 Å². The van der Waals surface area contributed by atoms with Gasteiger partial charge in [0.1, 0.15) is 4.90 Å². The molecule has 1 aromatic heterocycles. The quantitative estimate of drug-likeness (QED) is 0.712. The first-order valence-electron chi connectivity index (χ1n) is 7.59. The molecule has 0 saturated carbocycles. The highest BCUT2D eigenvalue weighted by atomic mass is 35.5. The van der Waals surface area contributed by atoms with Crippen molar-refractivity contribution < 1.29 is 12.8 Å². The van der Waals surface area contributed by atoms with Gasteiger partial charge in [-0.25, -0.2) is 13.1 Å². The van der Waals surface area contributed by atoms with Gasteiger partial charge in [-0.15, -0.1) is 10.2 Å². The maximum Gasteiger partial charge on any atom is 0.247 e. The highest BCUT2D eigenvalue weighted by molar-refractivity contribution is 7.89. The molecule has 3 rings (SSSR count). The lowest BCUT2D eigenvalue weighted by atomic mass is 10.1. The van der Waals surface area contributed by atoms with E-state index in [0.29, 0.717) is 11.8 Å². The molecule has 6 nitrogen and oxygen atoms in total. The van der Waals surface area contributed by atoms with Gasteiger partial charge in [0, 0.05) is 18.5 Å². The second-order valence-electron chi connectivity index (χ2n) is 5.45. The Labute approximate surface area is 150 Å². The van der Waals surface area contributed by atoms with Crippen LogP contribution in [0.15, 0.2) is 57.8 Å². The van der Waals surface area contributed by atoms with E-state index in [2.05, 4.69) is 14.9 Å². The number of aryl methyl sites for hydroxylation is 1. The first kappa shape index (κ1) is 17.6. The first-order chi connectivity index (χ1) is 12.0. The average Bonchev–Trinajstić information content (AvgIpc) is 3.04. The Morgan fingerprint density at radius 2 is 1.80 bits per heavy atom. The number of halogens is 1. The zero-order valence-electron chi connectivity index (χ0n) is 13.4. The van der Waals surface area contributed by atoms with Crippen LogP contribution < -0.4 is 4.72 Å². The van der Waals surface area contributed by atoms with E-state index in [1.165, 1.54) is 12.1 Å². The van der Waals surface area contributed by atoms with Crippen molar-refractivity contribution in [2.75, 3.05) is 6.54 Å². The number of benzene rings is 2. The van der Waals surface area contributed by atoms with Crippen molar-refractivity contribution in [2.24, 2.45) is 0 Å². The van der Waals surface area contributed by atoms with Crippen molar-refractivity contribution in [3.05, 3.63) is 65.0 Å². The molecule has 0 bridgehead atoms. The highest BCUT2D eigenvalue weighted by Crippen LogP contribution is 2.20. The highest BCUT2D eigenvalue weighted by Gasteiger charge is 2.17. The van der Waals surface area contributed by atoms with Crippen LogP contribution in [0.25, 0.3) is 11.5 Å². The predicted octanol–water partition coefficient (Wildman–Crippen LogP) is 3.22. The van der Waals surface area contributed by atoms with Gasteiger partial charge in [0.05, 0.1) is 5.02 Å². The molecule has 130 valence electrons. The van der Waals surface area contributed by atoms with E-state index >= 15 is 0 Å². The number of aromatic nitrogens is 2. The van der Waals surface area contributed by atoms with Crippen molar-refractivity contribution >= 4 is 21.6 Å². The lowest BCUT2D eigenvalue weighted by molar-refractivity contribution is 0.502. The van der Waals surface area contributed by atoms with Crippen molar-refractivity contribution in [3.63, 3.8) is 0 Å². The molecule has 3 aromatic rings. The zero-order valence-corrected chi connectivity index (χ0v) is 15.0. The fourth-order valence-corrected chi connectivity index (χ4v) is 3.75. The number of hydrogen-bond acceptors (Lipinski definition) is 5. The van der Waals surface area contributed by atoms with Gasteiger partial charge in [-0.05, 0) is 31.2 Å². The third-order valence-electron chi connectivity index (χ3n) is 3.52. The van der Waals surface area contributed by atoms with Crippen molar-refractivity contribution in [2.45, 2.75) is 18.2 Å². The zero-order chi connectivity index (χ0) is 17.9. The summed E-state index contributed by atoms with van der Waals surface area (Å²) in [6, 6.07) is 14.0. The molecule has 0 unspecified atom stereocenters. The second-order valence-corrected chi connectivity index (χ2v) is 7.59. The molecule has 0 amide bonds. The van der Waals surface area contributed by atoms with Crippen LogP contribution in [0.4, 0.5) is 0 Å². The number of nitrogens with zero attached hydrogens (tertiary/aromatic N) is 2. The predicted molar refractivity (Wildman–Crippen MR) is 94.8 cm³/mol. The Morgan fingerprint density at radius 1 is 1.08 bits per heavy atom. The summed E-state index contributed by atoms with van der Waals surface area (Å²) in [5, 5.41) is 8.11. The summed E-state index contributed by atoms with van der Waals surface area (Å²) < 4.78 is 32.5. The number of sulfonamides is 1. The van der Waals surface area contributed by atoms with E-state index in [9.17, 15) is 8.42 Å². The summed E-state index contributed by atoms with van der Waals surface area (Å²) in [6.45, 7) is 2.12. The van der Waals surface area contributed by atoms with Gasteiger partial charge in [-0.2, -0.15) is 0 Å². The SMILES string of the molecule is Cc1ccc(-c2nnc(CCNS(=O)(=O)c3ccccc3Cl)o2)cc1. The van der Waals surface area contributed by atoms with Gasteiger partial charge in [-0.1, -0.05) is 41.4 Å². The Morgan fingerprint density at radius 3 is 2.52 bits per heavy atom. The van der Waals surface area contributed by atoms with Crippen LogP contribution in [0, 0.1) is 6.92 Å². The topological polar surface area (TPSA) is 85.1 Å². The summed E-state index contributed by atoms with van der Waals surface area (Å²) in [5.74, 6) is 0.765. The van der Waals surface area contributed by atoms with Crippen LogP contribution in [-0.4, -0.2) is 25.2 Å². The summed E-state index contributed by atoms with van der Waals surface area (Å²) in [5.41, 5.74) is 1.96. The summed E-state index contributed by atoms with van der Waals surface area (Å²) in [6.07, 6.45) is 0.280. The summed E-state index contributed by atoms with van der Waals surface area (Å²) in [7, 11) is -3.68. The van der Waals surface area contributed by atoms with E-state index in [1.807, 2.05) is 31.2 Å². The fourth-order valence-electron chi connectivity index (χ4n) is 2.20. The first-order valence-corrected chi connectivity index (χ1v) is 9.45. The van der Waals surface area contributed by atoms with Crippen LogP contribution in [0.2, 0.25) is 5.02 Å². The van der Waals surface area contributed by atoms with Crippen LogP contribution in [0.5, 0.6) is 0 Å². The Hall–Kier alpha value is -2.22. The van der Waals surface area contributed by atoms with E-state index in [0.717, 1.165) is 11.1 Å². The van der Waals surface area contributed by atoms with Crippen LogP contribution in [0.3, 0.4) is 0 Å². The van der Waals surface area contributed by atoms with Gasteiger partial charge >= 0.3 is 0 Å². The third kappa shape index (κ3) is 4.25. The van der Waals surface area contributed by atoms with Gasteiger partial charge in [0.2, 0.25) is 21.8 Å². The molecule has 0 spiro atoms. The molecule has 0 fully saturated rings. The number of hydrogen-bond donors (Lipinski definition) is 1. The van der Waals surface area contributed by atoms with Gasteiger partial charge < -0.3 is 4.42 Å². The summed E-state index contributed by atoms with van der Waals surface area (Å²) in [4.78, 5) is 0.0440. The minimum absolute atomic E-state index is 0.0440. The molecule has 0 aliphatic carbocycles. The molecule has 0 saturated heterocycles. The molecular formula is C17H16ClN3O3S. The third-order valence-corrected chi connectivity index (χ3v) is 5.48. The lowest BCUT2D eigenvalue weighted by Gasteiger charge is -2.06. The van der Waals surface area contributed by atoms with Crippen molar-refractivity contribution in [1.29, 1.82) is 0 Å². The molecule has 0 atom stereocenters. The lowest BCUT2D eigenvalue weighted by Crippen LogP contribution is -2.26. The molecule has 8 heteroatoms. The van der Waals surface area contributed by atoms with Gasteiger partial charge in [0.25, 0.3) is 0 Å². The molecule has 0 radical (unpaired) electrons. The van der Waals surface area contributed by atoms with E-state index < -0.39 is 10.0 Å². The van der Waals surface area contributed by atoms with E-state index in [4.69, 9.17) is 16.0 Å². The normalized spacial score (nSPS) is 11.6. The Kier molecular flexibility index (Phi) is 5.17. The maximum absolute atomic E-state index is 12.2. The number of rotatable bonds is 6. The standard InChI is InChI=1S/C17H16ClN3O3S/c1-12-6-8-13(9-7-12)17-21-20-16(24-17)10-11-19-25(22,23)15-5-3-2-4-14(15)18/h2-9,19H,10-11H2,1H3. The molecule has 0 aliphatic heterocycles. The molecule has 0 aliphatic rings. The van der Waals surface area contributed by atoms with Gasteiger partial charge in [-0.3, -0.25) is 0 Å².